The molecule has 0 bridgehead atoms. The molecule has 2 atom stereocenters. The zero-order chi connectivity index (χ0) is 17.1. The maximum atomic E-state index is 12.6. The second kappa shape index (κ2) is 7.49. The van der Waals surface area contributed by atoms with Gasteiger partial charge in [0, 0.05) is 52.6 Å². The number of hydrogen-bond donors (Lipinski definition) is 0. The van der Waals surface area contributed by atoms with E-state index in [0.717, 1.165) is 31.9 Å². The van der Waals surface area contributed by atoms with Gasteiger partial charge in [-0.25, -0.2) is 4.98 Å². The summed E-state index contributed by atoms with van der Waals surface area (Å²) in [4.78, 5) is 23.5. The highest BCUT2D eigenvalue weighted by atomic mass is 16.5. The van der Waals surface area contributed by atoms with Crippen LogP contribution in [-0.4, -0.2) is 80.2 Å². The molecule has 2 saturated heterocycles. The van der Waals surface area contributed by atoms with E-state index in [1.54, 1.807) is 18.2 Å². The Kier molecular flexibility index (Phi) is 5.36. The molecule has 6 nitrogen and oxygen atoms in total. The number of methoxy groups -OCH3 is 1. The van der Waals surface area contributed by atoms with Crippen LogP contribution in [0.1, 0.15) is 29.6 Å². The molecule has 3 rings (SSSR count). The number of likely N-dealkylation sites (N-methyl/N-ethyl adjacent to an activating group) is 2. The molecule has 6 heteroatoms. The third-order valence-electron chi connectivity index (χ3n) is 5.24. The van der Waals surface area contributed by atoms with Crippen molar-refractivity contribution in [3.8, 4) is 0 Å². The van der Waals surface area contributed by atoms with Crippen LogP contribution in [0, 0.1) is 0 Å². The molecule has 132 valence electrons. The van der Waals surface area contributed by atoms with Crippen molar-refractivity contribution in [3.63, 3.8) is 0 Å². The van der Waals surface area contributed by atoms with Crippen LogP contribution in [-0.2, 0) is 4.74 Å². The number of hydrogen-bond acceptors (Lipinski definition) is 5. The van der Waals surface area contributed by atoms with Gasteiger partial charge in [0.05, 0.1) is 11.7 Å². The zero-order valence-electron chi connectivity index (χ0n) is 14.9. The molecule has 2 fully saturated rings. The van der Waals surface area contributed by atoms with E-state index < -0.39 is 0 Å². The highest BCUT2D eigenvalue weighted by Crippen LogP contribution is 2.20. The molecular formula is C18H28N4O2. The summed E-state index contributed by atoms with van der Waals surface area (Å²) >= 11 is 0. The van der Waals surface area contributed by atoms with E-state index in [0.29, 0.717) is 18.2 Å². The first-order chi connectivity index (χ1) is 11.6. The SMILES string of the molecule is CO[C@H]1C[C@@H](CN(C)C(=O)c2ccc(N3CCCC3)nc2)N(C)C1. The van der Waals surface area contributed by atoms with E-state index in [1.807, 2.05) is 19.2 Å². The molecule has 1 aromatic rings. The number of carbonyl (C=O) groups excluding carboxylic acids is 1. The first-order valence-corrected chi connectivity index (χ1v) is 8.78. The summed E-state index contributed by atoms with van der Waals surface area (Å²) in [5.41, 5.74) is 0.657. The van der Waals surface area contributed by atoms with Crippen LogP contribution in [0.25, 0.3) is 0 Å². The van der Waals surface area contributed by atoms with Crippen LogP contribution in [0.5, 0.6) is 0 Å². The van der Waals surface area contributed by atoms with Crippen molar-refractivity contribution in [1.29, 1.82) is 0 Å². The van der Waals surface area contributed by atoms with Crippen LogP contribution in [0.4, 0.5) is 5.82 Å². The minimum atomic E-state index is 0.0322. The topological polar surface area (TPSA) is 48.9 Å². The molecule has 0 unspecified atom stereocenters. The fourth-order valence-corrected chi connectivity index (χ4v) is 3.68. The Morgan fingerprint density at radius 2 is 2.12 bits per heavy atom. The molecule has 2 aliphatic heterocycles. The molecule has 1 amide bonds. The quantitative estimate of drug-likeness (QED) is 0.817. The highest BCUT2D eigenvalue weighted by Gasteiger charge is 2.31. The Balaban J connectivity index is 1.59. The van der Waals surface area contributed by atoms with Gasteiger partial charge in [-0.1, -0.05) is 0 Å². The normalized spacial score (nSPS) is 24.5. The maximum absolute atomic E-state index is 12.6. The molecule has 0 saturated carbocycles. The van der Waals surface area contributed by atoms with Gasteiger partial charge in [0.2, 0.25) is 0 Å². The largest absolute Gasteiger partial charge is 0.380 e. The average molecular weight is 332 g/mol. The van der Waals surface area contributed by atoms with Crippen molar-refractivity contribution >= 4 is 11.7 Å². The number of carbonyl (C=O) groups is 1. The molecule has 24 heavy (non-hydrogen) atoms. The Morgan fingerprint density at radius 3 is 2.71 bits per heavy atom. The first kappa shape index (κ1) is 17.2. The summed E-state index contributed by atoms with van der Waals surface area (Å²) in [5, 5.41) is 0. The number of rotatable bonds is 5. The van der Waals surface area contributed by atoms with Crippen LogP contribution < -0.4 is 4.90 Å². The maximum Gasteiger partial charge on any atom is 0.255 e. The lowest BCUT2D eigenvalue weighted by atomic mass is 10.1. The van der Waals surface area contributed by atoms with Crippen molar-refractivity contribution in [1.82, 2.24) is 14.8 Å². The fourth-order valence-electron chi connectivity index (χ4n) is 3.68. The summed E-state index contributed by atoms with van der Waals surface area (Å²) in [7, 11) is 5.71. The van der Waals surface area contributed by atoms with Crippen molar-refractivity contribution < 1.29 is 9.53 Å². The van der Waals surface area contributed by atoms with Gasteiger partial charge in [-0.15, -0.1) is 0 Å². The van der Waals surface area contributed by atoms with Crippen LogP contribution in [0.15, 0.2) is 18.3 Å². The van der Waals surface area contributed by atoms with E-state index in [9.17, 15) is 4.79 Å². The van der Waals surface area contributed by atoms with Gasteiger partial charge in [-0.2, -0.15) is 0 Å². The number of anilines is 1. The third kappa shape index (κ3) is 3.70. The number of nitrogens with zero attached hydrogens (tertiary/aromatic N) is 4. The molecular weight excluding hydrogens is 304 g/mol. The lowest BCUT2D eigenvalue weighted by Gasteiger charge is -2.25. The minimum absolute atomic E-state index is 0.0322. The lowest BCUT2D eigenvalue weighted by Crippen LogP contribution is -2.39. The number of pyridine rings is 1. The van der Waals surface area contributed by atoms with Crippen LogP contribution in [0.2, 0.25) is 0 Å². The van der Waals surface area contributed by atoms with E-state index >= 15 is 0 Å². The summed E-state index contributed by atoms with van der Waals surface area (Å²) < 4.78 is 5.44. The van der Waals surface area contributed by atoms with Crippen molar-refractivity contribution in [2.75, 3.05) is 52.3 Å². The Morgan fingerprint density at radius 1 is 1.38 bits per heavy atom. The third-order valence-corrected chi connectivity index (χ3v) is 5.24. The molecule has 0 spiro atoms. The standard InChI is InChI=1S/C18H28N4O2/c1-20-13-16(24-3)10-15(20)12-21(2)18(23)14-6-7-17(19-11-14)22-8-4-5-9-22/h6-7,11,15-16H,4-5,8-10,12-13H2,1-3H3/t15-,16-/m0/s1. The van der Waals surface area contributed by atoms with Gasteiger partial charge in [0.1, 0.15) is 5.82 Å². The Bertz CT molecular complexity index is 557. The van der Waals surface area contributed by atoms with Gasteiger partial charge < -0.3 is 14.5 Å². The average Bonchev–Trinajstić information content (AvgIpc) is 3.25. The van der Waals surface area contributed by atoms with Crippen molar-refractivity contribution in [3.05, 3.63) is 23.9 Å². The molecule has 0 aliphatic carbocycles. The van der Waals surface area contributed by atoms with E-state index in [2.05, 4.69) is 21.8 Å². The van der Waals surface area contributed by atoms with Gasteiger partial charge >= 0.3 is 0 Å². The lowest BCUT2D eigenvalue weighted by molar-refractivity contribution is 0.0760. The Hall–Kier alpha value is -1.66. The van der Waals surface area contributed by atoms with Gasteiger partial charge in [-0.3, -0.25) is 9.69 Å². The van der Waals surface area contributed by atoms with Gasteiger partial charge in [0.15, 0.2) is 0 Å². The molecule has 1 aromatic heterocycles. The number of ether oxygens (including phenoxy) is 1. The zero-order valence-corrected chi connectivity index (χ0v) is 14.9. The number of amides is 1. The summed E-state index contributed by atoms with van der Waals surface area (Å²) in [6.45, 7) is 3.77. The molecule has 0 radical (unpaired) electrons. The number of aromatic nitrogens is 1. The second-order valence-corrected chi connectivity index (χ2v) is 6.97. The fraction of sp³-hybridized carbons (Fsp3) is 0.667. The first-order valence-electron chi connectivity index (χ1n) is 8.78. The predicted molar refractivity (Wildman–Crippen MR) is 94.5 cm³/mol. The van der Waals surface area contributed by atoms with E-state index in [4.69, 9.17) is 4.74 Å². The van der Waals surface area contributed by atoms with E-state index in [1.165, 1.54) is 12.8 Å². The monoisotopic (exact) mass is 332 g/mol. The smallest absolute Gasteiger partial charge is 0.255 e. The van der Waals surface area contributed by atoms with Crippen LogP contribution >= 0.6 is 0 Å². The van der Waals surface area contributed by atoms with E-state index in [-0.39, 0.29) is 12.0 Å². The van der Waals surface area contributed by atoms with Crippen LogP contribution in [0.3, 0.4) is 0 Å². The second-order valence-electron chi connectivity index (χ2n) is 6.97. The summed E-state index contributed by atoms with van der Waals surface area (Å²) in [6.07, 6.45) is 5.40. The summed E-state index contributed by atoms with van der Waals surface area (Å²) in [5.74, 6) is 1.01. The molecule has 0 N–H and O–H groups in total. The number of likely N-dealkylation sites (tertiary alicyclic amines) is 1. The van der Waals surface area contributed by atoms with Gasteiger partial charge in [0.25, 0.3) is 5.91 Å². The van der Waals surface area contributed by atoms with Gasteiger partial charge in [-0.05, 0) is 38.4 Å². The van der Waals surface area contributed by atoms with Crippen molar-refractivity contribution in [2.45, 2.75) is 31.4 Å². The predicted octanol–water partition coefficient (Wildman–Crippen LogP) is 1.47. The highest BCUT2D eigenvalue weighted by molar-refractivity contribution is 5.94. The molecule has 0 aromatic carbocycles. The van der Waals surface area contributed by atoms with Crippen molar-refractivity contribution in [2.24, 2.45) is 0 Å². The molecule has 2 aliphatic rings. The molecule has 3 heterocycles. The summed E-state index contributed by atoms with van der Waals surface area (Å²) in [6, 6.07) is 4.21. The Labute approximate surface area is 144 Å². The minimum Gasteiger partial charge on any atom is -0.380 e.